The van der Waals surface area contributed by atoms with Gasteiger partial charge in [-0.3, -0.25) is 4.79 Å². The van der Waals surface area contributed by atoms with Gasteiger partial charge in [0.2, 0.25) is 5.91 Å². The number of ether oxygens (including phenoxy) is 2. The number of hydrogen-bond donors (Lipinski definition) is 1. The maximum Gasteiger partial charge on any atom is 0.338 e. The lowest BCUT2D eigenvalue weighted by molar-refractivity contribution is -0.186. The van der Waals surface area contributed by atoms with E-state index in [0.717, 1.165) is 24.2 Å². The highest BCUT2D eigenvalue weighted by molar-refractivity contribution is 8.00. The van der Waals surface area contributed by atoms with Gasteiger partial charge in [-0.25, -0.2) is 4.79 Å². The first kappa shape index (κ1) is 17.3. The Bertz CT molecular complexity index is 656. The van der Waals surface area contributed by atoms with E-state index in [1.807, 2.05) is 6.07 Å². The van der Waals surface area contributed by atoms with Crippen molar-refractivity contribution in [3.05, 3.63) is 23.8 Å². The lowest BCUT2D eigenvalue weighted by Gasteiger charge is -2.53. The lowest BCUT2D eigenvalue weighted by atomic mass is 9.60. The molecule has 0 spiro atoms. The van der Waals surface area contributed by atoms with Crippen LogP contribution in [0.1, 0.15) is 43.5 Å². The van der Waals surface area contributed by atoms with E-state index >= 15 is 0 Å². The van der Waals surface area contributed by atoms with E-state index in [1.165, 1.54) is 11.8 Å². The Morgan fingerprint density at radius 1 is 1.33 bits per heavy atom. The topological polar surface area (TPSA) is 64.6 Å². The van der Waals surface area contributed by atoms with Crippen molar-refractivity contribution in [2.24, 2.45) is 5.41 Å². The summed E-state index contributed by atoms with van der Waals surface area (Å²) >= 11 is 1.48. The van der Waals surface area contributed by atoms with Crippen LogP contribution in [-0.4, -0.2) is 36.9 Å². The standard InChI is InChI=1S/C18H23NO4S/c1-4-18(5-2)14(22-3)9-15(18)23-17(21)11-6-7-13-12(8-11)19-16(20)10-24-13/h6-8,14-15H,4-5,9-10H2,1-3H3,(H,19,20). The maximum atomic E-state index is 12.5. The molecule has 2 unspecified atom stereocenters. The second kappa shape index (κ2) is 6.76. The predicted octanol–water partition coefficient (Wildman–Crippen LogP) is 3.48. The Morgan fingerprint density at radius 2 is 2.08 bits per heavy atom. The third-order valence-corrected chi connectivity index (χ3v) is 6.48. The number of esters is 1. The van der Waals surface area contributed by atoms with Crippen molar-refractivity contribution < 1.29 is 19.1 Å². The zero-order valence-electron chi connectivity index (χ0n) is 14.3. The largest absolute Gasteiger partial charge is 0.458 e. The summed E-state index contributed by atoms with van der Waals surface area (Å²) in [5, 5.41) is 2.80. The summed E-state index contributed by atoms with van der Waals surface area (Å²) in [6, 6.07) is 5.33. The number of thioether (sulfide) groups is 1. The van der Waals surface area contributed by atoms with Crippen LogP contribution in [0.5, 0.6) is 0 Å². The molecule has 0 radical (unpaired) electrons. The number of carbonyl (C=O) groups is 2. The summed E-state index contributed by atoms with van der Waals surface area (Å²) in [6.07, 6.45) is 2.59. The average molecular weight is 349 g/mol. The van der Waals surface area contributed by atoms with E-state index in [-0.39, 0.29) is 29.5 Å². The van der Waals surface area contributed by atoms with Gasteiger partial charge >= 0.3 is 5.97 Å². The zero-order valence-corrected chi connectivity index (χ0v) is 15.1. The smallest absolute Gasteiger partial charge is 0.338 e. The molecule has 1 aliphatic carbocycles. The molecular formula is C18H23NO4S. The van der Waals surface area contributed by atoms with Crippen molar-refractivity contribution in [3.8, 4) is 0 Å². The molecule has 0 saturated heterocycles. The fourth-order valence-electron chi connectivity index (χ4n) is 3.78. The van der Waals surface area contributed by atoms with Crippen molar-refractivity contribution in [2.75, 3.05) is 18.2 Å². The fraction of sp³-hybridized carbons (Fsp3) is 0.556. The Kier molecular flexibility index (Phi) is 4.88. The van der Waals surface area contributed by atoms with Gasteiger partial charge in [-0.05, 0) is 31.0 Å². The van der Waals surface area contributed by atoms with Crippen LogP contribution in [0.4, 0.5) is 5.69 Å². The maximum absolute atomic E-state index is 12.5. The normalized spacial score (nSPS) is 24.5. The van der Waals surface area contributed by atoms with Gasteiger partial charge in [-0.15, -0.1) is 11.8 Å². The number of anilines is 1. The first-order valence-electron chi connectivity index (χ1n) is 8.34. The molecule has 1 aromatic rings. The lowest BCUT2D eigenvalue weighted by Crippen LogP contribution is -2.58. The van der Waals surface area contributed by atoms with E-state index in [4.69, 9.17) is 9.47 Å². The molecule has 5 nitrogen and oxygen atoms in total. The van der Waals surface area contributed by atoms with Crippen molar-refractivity contribution in [2.45, 2.75) is 50.2 Å². The minimum Gasteiger partial charge on any atom is -0.458 e. The second-order valence-corrected chi connectivity index (χ2v) is 7.36. The number of methoxy groups -OCH3 is 1. The molecule has 2 aliphatic rings. The minimum absolute atomic E-state index is 0.0454. The van der Waals surface area contributed by atoms with Crippen molar-refractivity contribution in [3.63, 3.8) is 0 Å². The second-order valence-electron chi connectivity index (χ2n) is 6.34. The van der Waals surface area contributed by atoms with Crippen LogP contribution in [0.2, 0.25) is 0 Å². The number of fused-ring (bicyclic) bond motifs is 1. The monoisotopic (exact) mass is 349 g/mol. The molecule has 1 fully saturated rings. The van der Waals surface area contributed by atoms with E-state index in [2.05, 4.69) is 19.2 Å². The summed E-state index contributed by atoms with van der Waals surface area (Å²) in [6.45, 7) is 4.22. The number of hydrogen-bond acceptors (Lipinski definition) is 5. The Morgan fingerprint density at radius 3 is 2.75 bits per heavy atom. The first-order valence-corrected chi connectivity index (χ1v) is 9.33. The third-order valence-electron chi connectivity index (χ3n) is 5.41. The third kappa shape index (κ3) is 2.82. The first-order chi connectivity index (χ1) is 11.5. The molecule has 130 valence electrons. The Hall–Kier alpha value is -1.53. The molecule has 0 bridgehead atoms. The molecule has 1 N–H and O–H groups in total. The van der Waals surface area contributed by atoms with Gasteiger partial charge in [0.1, 0.15) is 6.10 Å². The number of rotatable bonds is 5. The van der Waals surface area contributed by atoms with Crippen LogP contribution >= 0.6 is 11.8 Å². The molecule has 2 atom stereocenters. The van der Waals surface area contributed by atoms with E-state index < -0.39 is 0 Å². The quantitative estimate of drug-likeness (QED) is 0.825. The van der Waals surface area contributed by atoms with Crippen LogP contribution in [0.15, 0.2) is 23.1 Å². The molecule has 0 aromatic heterocycles. The van der Waals surface area contributed by atoms with Gasteiger partial charge in [0.05, 0.1) is 23.1 Å². The number of benzene rings is 1. The SMILES string of the molecule is CCC1(CC)C(OC)CC1OC(=O)c1ccc2c(c1)NC(=O)CS2. The number of amides is 1. The van der Waals surface area contributed by atoms with Crippen molar-refractivity contribution in [1.82, 2.24) is 0 Å². The summed E-state index contributed by atoms with van der Waals surface area (Å²) in [5.41, 5.74) is 1.06. The average Bonchev–Trinajstić information content (AvgIpc) is 2.58. The molecule has 1 aromatic carbocycles. The van der Waals surface area contributed by atoms with E-state index in [0.29, 0.717) is 17.0 Å². The van der Waals surface area contributed by atoms with Gasteiger partial charge < -0.3 is 14.8 Å². The molecule has 1 saturated carbocycles. The molecule has 1 heterocycles. The highest BCUT2D eigenvalue weighted by Gasteiger charge is 2.55. The van der Waals surface area contributed by atoms with Gasteiger partial charge in [0.25, 0.3) is 0 Å². The highest BCUT2D eigenvalue weighted by Crippen LogP contribution is 2.50. The summed E-state index contributed by atoms with van der Waals surface area (Å²) in [7, 11) is 1.71. The van der Waals surface area contributed by atoms with Crippen molar-refractivity contribution in [1.29, 1.82) is 0 Å². The predicted molar refractivity (Wildman–Crippen MR) is 93.4 cm³/mol. The zero-order chi connectivity index (χ0) is 17.3. The van der Waals surface area contributed by atoms with Crippen molar-refractivity contribution >= 4 is 29.3 Å². The van der Waals surface area contributed by atoms with Crippen LogP contribution in [0, 0.1) is 5.41 Å². The van der Waals surface area contributed by atoms with Crippen LogP contribution in [0.25, 0.3) is 0 Å². The van der Waals surface area contributed by atoms with Gasteiger partial charge in [0, 0.05) is 23.8 Å². The van der Waals surface area contributed by atoms with Gasteiger partial charge in [-0.1, -0.05) is 13.8 Å². The summed E-state index contributed by atoms with van der Waals surface area (Å²) in [5.74, 6) is 0.0247. The fourth-order valence-corrected chi connectivity index (χ4v) is 4.56. The molecule has 1 aliphatic heterocycles. The van der Waals surface area contributed by atoms with E-state index in [1.54, 1.807) is 19.2 Å². The van der Waals surface area contributed by atoms with Gasteiger partial charge in [-0.2, -0.15) is 0 Å². The number of carbonyl (C=O) groups excluding carboxylic acids is 2. The molecule has 1 amide bonds. The Labute approximate surface area is 146 Å². The number of nitrogens with one attached hydrogen (secondary N) is 1. The van der Waals surface area contributed by atoms with Gasteiger partial charge in [0.15, 0.2) is 0 Å². The van der Waals surface area contributed by atoms with Crippen LogP contribution < -0.4 is 5.32 Å². The molecular weight excluding hydrogens is 326 g/mol. The minimum atomic E-state index is -0.339. The summed E-state index contributed by atoms with van der Waals surface area (Å²) in [4.78, 5) is 25.0. The van der Waals surface area contributed by atoms with Crippen LogP contribution in [-0.2, 0) is 14.3 Å². The Balaban J connectivity index is 1.74. The molecule has 6 heteroatoms. The van der Waals surface area contributed by atoms with E-state index in [9.17, 15) is 9.59 Å². The molecule has 3 rings (SSSR count). The highest BCUT2D eigenvalue weighted by atomic mass is 32.2. The summed E-state index contributed by atoms with van der Waals surface area (Å²) < 4.78 is 11.3. The van der Waals surface area contributed by atoms with Crippen LogP contribution in [0.3, 0.4) is 0 Å². The molecule has 24 heavy (non-hydrogen) atoms.